The third-order valence-corrected chi connectivity index (χ3v) is 2.85. The van der Waals surface area contributed by atoms with Crippen molar-refractivity contribution in [2.45, 2.75) is 32.7 Å². The molecule has 0 amide bonds. The topological polar surface area (TPSA) is 57.0 Å². The summed E-state index contributed by atoms with van der Waals surface area (Å²) in [6, 6.07) is 3.82. The molecule has 0 saturated carbocycles. The molecule has 5 heteroatoms. The molecule has 0 bridgehead atoms. The highest BCUT2D eigenvalue weighted by atomic mass is 16.5. The van der Waals surface area contributed by atoms with Gasteiger partial charge in [-0.15, -0.1) is 0 Å². The van der Waals surface area contributed by atoms with E-state index >= 15 is 0 Å². The van der Waals surface area contributed by atoms with E-state index in [0.717, 1.165) is 5.56 Å². The van der Waals surface area contributed by atoms with Crippen molar-refractivity contribution in [1.82, 2.24) is 14.8 Å². The second-order valence-electron chi connectivity index (χ2n) is 5.59. The second kappa shape index (κ2) is 5.86. The first kappa shape index (κ1) is 14.2. The molecule has 2 heterocycles. The van der Waals surface area contributed by atoms with Gasteiger partial charge in [-0.2, -0.15) is 5.10 Å². The van der Waals surface area contributed by atoms with E-state index in [4.69, 9.17) is 4.74 Å². The van der Waals surface area contributed by atoms with Crippen molar-refractivity contribution in [3.63, 3.8) is 0 Å². The van der Waals surface area contributed by atoms with Crippen LogP contribution in [-0.4, -0.2) is 27.3 Å². The maximum absolute atomic E-state index is 11.9. The van der Waals surface area contributed by atoms with Gasteiger partial charge in [-0.3, -0.25) is 9.67 Å². The zero-order valence-corrected chi connectivity index (χ0v) is 12.0. The molecule has 0 spiro atoms. The van der Waals surface area contributed by atoms with E-state index in [9.17, 15) is 4.79 Å². The number of nitrogens with zero attached hydrogens (tertiary/aromatic N) is 3. The minimum Gasteiger partial charge on any atom is -0.462 e. The van der Waals surface area contributed by atoms with Gasteiger partial charge in [0.25, 0.3) is 0 Å². The van der Waals surface area contributed by atoms with Gasteiger partial charge in [0.1, 0.15) is 0 Å². The first-order valence-electron chi connectivity index (χ1n) is 6.58. The number of hydrogen-bond acceptors (Lipinski definition) is 4. The lowest BCUT2D eigenvalue weighted by Gasteiger charge is -2.18. The summed E-state index contributed by atoms with van der Waals surface area (Å²) in [6.07, 6.45) is 7.40. The third-order valence-electron chi connectivity index (χ3n) is 2.85. The summed E-state index contributed by atoms with van der Waals surface area (Å²) < 4.78 is 6.99. The van der Waals surface area contributed by atoms with E-state index in [1.54, 1.807) is 23.3 Å². The lowest BCUT2D eigenvalue weighted by atomic mass is 10.1. The smallest absolute Gasteiger partial charge is 0.341 e. The van der Waals surface area contributed by atoms with Crippen LogP contribution in [-0.2, 0) is 16.7 Å². The van der Waals surface area contributed by atoms with Gasteiger partial charge in [-0.25, -0.2) is 4.79 Å². The summed E-state index contributed by atoms with van der Waals surface area (Å²) in [5, 5.41) is 4.18. The molecule has 2 aromatic rings. The number of esters is 1. The van der Waals surface area contributed by atoms with Crippen LogP contribution in [0.2, 0.25) is 0 Å². The van der Waals surface area contributed by atoms with Crippen molar-refractivity contribution in [2.24, 2.45) is 0 Å². The van der Waals surface area contributed by atoms with Crippen molar-refractivity contribution >= 4 is 5.97 Å². The van der Waals surface area contributed by atoms with Gasteiger partial charge in [0.05, 0.1) is 23.9 Å². The summed E-state index contributed by atoms with van der Waals surface area (Å²) in [5.41, 5.74) is 1.38. The van der Waals surface area contributed by atoms with Crippen molar-refractivity contribution in [3.05, 3.63) is 48.0 Å². The average Bonchev–Trinajstić information content (AvgIpc) is 2.89. The molecule has 0 fully saturated rings. The zero-order valence-electron chi connectivity index (χ0n) is 12.0. The van der Waals surface area contributed by atoms with Gasteiger partial charge in [-0.05, 0) is 32.4 Å². The molecule has 0 radical (unpaired) electrons. The molecule has 2 aromatic heterocycles. The lowest BCUT2D eigenvalue weighted by molar-refractivity contribution is 0.0509. The second-order valence-corrected chi connectivity index (χ2v) is 5.59. The Balaban J connectivity index is 1.88. The van der Waals surface area contributed by atoms with E-state index in [2.05, 4.69) is 10.1 Å². The minimum atomic E-state index is -0.343. The maximum atomic E-state index is 11.9. The van der Waals surface area contributed by atoms with Gasteiger partial charge in [0.2, 0.25) is 0 Å². The van der Waals surface area contributed by atoms with Crippen LogP contribution in [0.3, 0.4) is 0 Å². The first-order chi connectivity index (χ1) is 9.47. The molecular formula is C15H19N3O2. The number of pyridine rings is 1. The summed E-state index contributed by atoms with van der Waals surface area (Å²) in [6.45, 7) is 6.41. The predicted octanol–water partition coefficient (Wildman–Crippen LogP) is 2.43. The largest absolute Gasteiger partial charge is 0.462 e. The molecule has 0 aliphatic carbocycles. The van der Waals surface area contributed by atoms with Crippen LogP contribution in [0.4, 0.5) is 0 Å². The van der Waals surface area contributed by atoms with Gasteiger partial charge >= 0.3 is 5.97 Å². The van der Waals surface area contributed by atoms with Crippen LogP contribution in [0.15, 0.2) is 36.9 Å². The Bertz CT molecular complexity index is 570. The van der Waals surface area contributed by atoms with Crippen LogP contribution in [0.5, 0.6) is 0 Å². The Kier molecular flexibility index (Phi) is 4.17. The highest BCUT2D eigenvalue weighted by Crippen LogP contribution is 2.13. The van der Waals surface area contributed by atoms with Crippen molar-refractivity contribution in [3.8, 4) is 0 Å². The standard InChI is InChI=1S/C15H19N3O2/c1-15(2,3)18-11-13(10-17-18)14(19)20-8-6-12-5-4-7-16-9-12/h4-5,7,9-11H,6,8H2,1-3H3. The zero-order chi connectivity index (χ0) is 14.6. The van der Waals surface area contributed by atoms with Gasteiger partial charge < -0.3 is 4.74 Å². The van der Waals surface area contributed by atoms with Gasteiger partial charge in [-0.1, -0.05) is 6.07 Å². The average molecular weight is 273 g/mol. The van der Waals surface area contributed by atoms with Crippen molar-refractivity contribution < 1.29 is 9.53 Å². The first-order valence-corrected chi connectivity index (χ1v) is 6.58. The Morgan fingerprint density at radius 2 is 2.15 bits per heavy atom. The number of carbonyl (C=O) groups is 1. The van der Waals surface area contributed by atoms with E-state index in [1.165, 1.54) is 6.20 Å². The fraction of sp³-hybridized carbons (Fsp3) is 0.400. The van der Waals surface area contributed by atoms with Crippen LogP contribution < -0.4 is 0 Å². The van der Waals surface area contributed by atoms with E-state index < -0.39 is 0 Å². The fourth-order valence-corrected chi connectivity index (χ4v) is 1.69. The van der Waals surface area contributed by atoms with Gasteiger partial charge in [0.15, 0.2) is 0 Å². The number of aromatic nitrogens is 3. The van der Waals surface area contributed by atoms with E-state index in [1.807, 2.05) is 32.9 Å². The van der Waals surface area contributed by atoms with E-state index in [-0.39, 0.29) is 11.5 Å². The molecule has 5 nitrogen and oxygen atoms in total. The highest BCUT2D eigenvalue weighted by Gasteiger charge is 2.17. The molecule has 0 unspecified atom stereocenters. The van der Waals surface area contributed by atoms with Crippen LogP contribution in [0.1, 0.15) is 36.7 Å². The van der Waals surface area contributed by atoms with E-state index in [0.29, 0.717) is 18.6 Å². The summed E-state index contributed by atoms with van der Waals surface area (Å²) in [4.78, 5) is 15.9. The molecule has 0 N–H and O–H groups in total. The maximum Gasteiger partial charge on any atom is 0.341 e. The number of rotatable bonds is 4. The highest BCUT2D eigenvalue weighted by molar-refractivity contribution is 5.88. The lowest BCUT2D eigenvalue weighted by Crippen LogP contribution is -2.22. The number of hydrogen-bond donors (Lipinski definition) is 0. The summed E-state index contributed by atoms with van der Waals surface area (Å²) in [5.74, 6) is -0.343. The third kappa shape index (κ3) is 3.66. The molecule has 20 heavy (non-hydrogen) atoms. The molecule has 0 aliphatic heterocycles. The van der Waals surface area contributed by atoms with Crippen molar-refractivity contribution in [2.75, 3.05) is 6.61 Å². The molecular weight excluding hydrogens is 254 g/mol. The number of ether oxygens (including phenoxy) is 1. The summed E-state index contributed by atoms with van der Waals surface area (Å²) in [7, 11) is 0. The van der Waals surface area contributed by atoms with Crippen LogP contribution in [0.25, 0.3) is 0 Å². The van der Waals surface area contributed by atoms with Gasteiger partial charge in [0, 0.05) is 25.0 Å². The molecule has 0 saturated heterocycles. The quantitative estimate of drug-likeness (QED) is 0.803. The van der Waals surface area contributed by atoms with Crippen LogP contribution >= 0.6 is 0 Å². The molecule has 106 valence electrons. The Labute approximate surface area is 118 Å². The van der Waals surface area contributed by atoms with Crippen molar-refractivity contribution in [1.29, 1.82) is 0 Å². The molecule has 2 rings (SSSR count). The Morgan fingerprint density at radius 3 is 2.75 bits per heavy atom. The Hall–Kier alpha value is -2.17. The Morgan fingerprint density at radius 1 is 1.35 bits per heavy atom. The summed E-state index contributed by atoms with van der Waals surface area (Å²) >= 11 is 0. The normalized spacial score (nSPS) is 11.3. The molecule has 0 aromatic carbocycles. The van der Waals surface area contributed by atoms with Crippen LogP contribution in [0, 0.1) is 0 Å². The molecule has 0 atom stereocenters. The fourth-order valence-electron chi connectivity index (χ4n) is 1.69. The predicted molar refractivity (Wildman–Crippen MR) is 75.4 cm³/mol. The number of carbonyl (C=O) groups excluding carboxylic acids is 1. The molecule has 0 aliphatic rings. The SMILES string of the molecule is CC(C)(C)n1cc(C(=O)OCCc2cccnc2)cn1. The monoisotopic (exact) mass is 273 g/mol. The minimum absolute atomic E-state index is 0.145.